The lowest BCUT2D eigenvalue weighted by atomic mass is 10.0. The monoisotopic (exact) mass is 485 g/mol. The molecule has 0 aliphatic carbocycles. The number of carbonyl (C=O) groups excluding carboxylic acids is 2. The van der Waals surface area contributed by atoms with Gasteiger partial charge in [-0.2, -0.15) is 0 Å². The van der Waals surface area contributed by atoms with Gasteiger partial charge in [-0.15, -0.1) is 10.2 Å². The second-order valence-corrected chi connectivity index (χ2v) is 9.50. The number of aromatic nitrogens is 2. The molecule has 7 nitrogen and oxygen atoms in total. The summed E-state index contributed by atoms with van der Waals surface area (Å²) < 4.78 is 0. The van der Waals surface area contributed by atoms with Crippen LogP contribution in [0, 0.1) is 5.92 Å². The molecule has 2 amide bonds. The third-order valence-electron chi connectivity index (χ3n) is 6.90. The Balaban J connectivity index is 1.32. The molecule has 7 heteroatoms. The molecule has 1 unspecified atom stereocenters. The predicted octanol–water partition coefficient (Wildman–Crippen LogP) is 4.35. The first kappa shape index (κ1) is 25.4. The van der Waals surface area contributed by atoms with Gasteiger partial charge in [0.1, 0.15) is 0 Å². The van der Waals surface area contributed by atoms with Gasteiger partial charge < -0.3 is 14.7 Å². The first-order chi connectivity index (χ1) is 17.4. The zero-order valence-corrected chi connectivity index (χ0v) is 21.4. The van der Waals surface area contributed by atoms with Crippen molar-refractivity contribution in [3.63, 3.8) is 0 Å². The first-order valence-electron chi connectivity index (χ1n) is 12.7. The zero-order valence-electron chi connectivity index (χ0n) is 21.4. The molecule has 188 valence electrons. The number of piperazine rings is 1. The van der Waals surface area contributed by atoms with Crippen molar-refractivity contribution >= 4 is 17.6 Å². The Morgan fingerprint density at radius 1 is 0.861 bits per heavy atom. The van der Waals surface area contributed by atoms with Gasteiger partial charge in [-0.3, -0.25) is 9.59 Å². The smallest absolute Gasteiger partial charge is 0.242 e. The van der Waals surface area contributed by atoms with Crippen molar-refractivity contribution in [2.75, 3.05) is 44.2 Å². The lowest BCUT2D eigenvalue weighted by molar-refractivity contribution is -0.140. The summed E-state index contributed by atoms with van der Waals surface area (Å²) in [5.41, 5.74) is 4.21. The molecule has 3 aromatic rings. The van der Waals surface area contributed by atoms with E-state index in [9.17, 15) is 9.59 Å². The normalized spacial score (nSPS) is 14.4. The average molecular weight is 486 g/mol. The van der Waals surface area contributed by atoms with E-state index in [0.29, 0.717) is 38.6 Å². The van der Waals surface area contributed by atoms with E-state index in [1.165, 1.54) is 18.1 Å². The van der Waals surface area contributed by atoms with Crippen molar-refractivity contribution in [1.82, 2.24) is 20.0 Å². The van der Waals surface area contributed by atoms with Gasteiger partial charge in [-0.25, -0.2) is 0 Å². The lowest BCUT2D eigenvalue weighted by Gasteiger charge is -2.36. The molecule has 1 saturated heterocycles. The molecule has 4 rings (SSSR count). The Morgan fingerprint density at radius 3 is 2.08 bits per heavy atom. The highest BCUT2D eigenvalue weighted by molar-refractivity contribution is 5.84. The molecular weight excluding hydrogens is 450 g/mol. The maximum absolute atomic E-state index is 12.8. The van der Waals surface area contributed by atoms with Crippen molar-refractivity contribution in [3.05, 3.63) is 66.7 Å². The fourth-order valence-corrected chi connectivity index (χ4v) is 4.37. The van der Waals surface area contributed by atoms with Crippen LogP contribution < -0.4 is 4.90 Å². The van der Waals surface area contributed by atoms with Crippen molar-refractivity contribution < 1.29 is 9.59 Å². The van der Waals surface area contributed by atoms with Crippen LogP contribution in [0.2, 0.25) is 0 Å². The van der Waals surface area contributed by atoms with E-state index in [2.05, 4.69) is 65.3 Å². The van der Waals surface area contributed by atoms with Crippen LogP contribution in [0.25, 0.3) is 22.4 Å². The Hall–Kier alpha value is -3.74. The molecule has 0 radical (unpaired) electrons. The maximum Gasteiger partial charge on any atom is 0.242 e. The average Bonchev–Trinajstić information content (AvgIpc) is 2.93. The molecule has 0 saturated carbocycles. The number of anilines is 1. The van der Waals surface area contributed by atoms with E-state index >= 15 is 0 Å². The standard InChI is InChI=1S/C29H35N5O2/c1-4-22(2)20-34(23(3)35)21-29(36)33-18-16-32(17-19-33)28-15-14-27(30-31-28)26-12-10-25(11-13-26)24-8-6-5-7-9-24/h5-15,22H,4,16-21H2,1-3H3. The Labute approximate surface area is 213 Å². The highest BCUT2D eigenvalue weighted by atomic mass is 16.2. The summed E-state index contributed by atoms with van der Waals surface area (Å²) in [5.74, 6) is 1.15. The summed E-state index contributed by atoms with van der Waals surface area (Å²) in [6.07, 6.45) is 0.982. The molecule has 0 bridgehead atoms. The zero-order chi connectivity index (χ0) is 25.5. The number of hydrogen-bond acceptors (Lipinski definition) is 5. The largest absolute Gasteiger partial charge is 0.352 e. The summed E-state index contributed by atoms with van der Waals surface area (Å²) in [6.45, 7) is 9.11. The molecule has 1 atom stereocenters. The quantitative estimate of drug-likeness (QED) is 0.474. The minimum absolute atomic E-state index is 0.00790. The molecule has 2 heterocycles. The minimum atomic E-state index is -0.0487. The maximum atomic E-state index is 12.8. The highest BCUT2D eigenvalue weighted by Gasteiger charge is 2.25. The van der Waals surface area contributed by atoms with Crippen LogP contribution in [0.3, 0.4) is 0 Å². The van der Waals surface area contributed by atoms with Gasteiger partial charge in [0, 0.05) is 45.2 Å². The third-order valence-corrected chi connectivity index (χ3v) is 6.90. The third kappa shape index (κ3) is 6.27. The molecule has 0 N–H and O–H groups in total. The number of hydrogen-bond donors (Lipinski definition) is 0. The van der Waals surface area contributed by atoms with Crippen LogP contribution >= 0.6 is 0 Å². The fraction of sp³-hybridized carbons (Fsp3) is 0.379. The highest BCUT2D eigenvalue weighted by Crippen LogP contribution is 2.24. The van der Waals surface area contributed by atoms with E-state index in [0.717, 1.165) is 23.5 Å². The molecule has 1 aliphatic heterocycles. The van der Waals surface area contributed by atoms with Crippen LogP contribution in [0.1, 0.15) is 27.2 Å². The number of rotatable bonds is 8. The van der Waals surface area contributed by atoms with Crippen LogP contribution in [0.5, 0.6) is 0 Å². The van der Waals surface area contributed by atoms with Gasteiger partial charge in [0.25, 0.3) is 0 Å². The predicted molar refractivity (Wildman–Crippen MR) is 143 cm³/mol. The van der Waals surface area contributed by atoms with Crippen LogP contribution in [0.15, 0.2) is 66.7 Å². The van der Waals surface area contributed by atoms with Crippen LogP contribution in [-0.4, -0.2) is 71.1 Å². The van der Waals surface area contributed by atoms with Crippen LogP contribution in [-0.2, 0) is 9.59 Å². The lowest BCUT2D eigenvalue weighted by Crippen LogP contribution is -2.52. The van der Waals surface area contributed by atoms with Crippen molar-refractivity contribution in [1.29, 1.82) is 0 Å². The van der Waals surface area contributed by atoms with Gasteiger partial charge >= 0.3 is 0 Å². The minimum Gasteiger partial charge on any atom is -0.352 e. The number of benzene rings is 2. The molecule has 0 spiro atoms. The van der Waals surface area contributed by atoms with Crippen molar-refractivity contribution in [2.45, 2.75) is 27.2 Å². The second-order valence-electron chi connectivity index (χ2n) is 9.50. The summed E-state index contributed by atoms with van der Waals surface area (Å²) in [5, 5.41) is 8.92. The molecule has 2 aromatic carbocycles. The molecular formula is C29H35N5O2. The Morgan fingerprint density at radius 2 is 1.50 bits per heavy atom. The molecule has 1 aromatic heterocycles. The fourth-order valence-electron chi connectivity index (χ4n) is 4.37. The molecule has 1 fully saturated rings. The van der Waals surface area contributed by atoms with Gasteiger partial charge in [0.05, 0.1) is 12.2 Å². The summed E-state index contributed by atoms with van der Waals surface area (Å²) in [7, 11) is 0. The van der Waals surface area contributed by atoms with Crippen molar-refractivity contribution in [2.24, 2.45) is 5.92 Å². The van der Waals surface area contributed by atoms with E-state index in [4.69, 9.17) is 0 Å². The Kier molecular flexibility index (Phi) is 8.31. The molecule has 36 heavy (non-hydrogen) atoms. The van der Waals surface area contributed by atoms with Crippen LogP contribution in [0.4, 0.5) is 5.82 Å². The van der Waals surface area contributed by atoms with Gasteiger partial charge in [0.15, 0.2) is 5.82 Å². The number of carbonyl (C=O) groups is 2. The van der Waals surface area contributed by atoms with Gasteiger partial charge in [-0.1, -0.05) is 74.9 Å². The number of amides is 2. The van der Waals surface area contributed by atoms with E-state index in [1.807, 2.05) is 35.2 Å². The topological polar surface area (TPSA) is 69.6 Å². The van der Waals surface area contributed by atoms with E-state index in [1.54, 1.807) is 4.90 Å². The second kappa shape index (κ2) is 11.8. The summed E-state index contributed by atoms with van der Waals surface area (Å²) in [4.78, 5) is 30.5. The van der Waals surface area contributed by atoms with E-state index in [-0.39, 0.29) is 18.4 Å². The Bertz CT molecular complexity index is 1140. The van der Waals surface area contributed by atoms with Gasteiger partial charge in [-0.05, 0) is 29.2 Å². The summed E-state index contributed by atoms with van der Waals surface area (Å²) >= 11 is 0. The summed E-state index contributed by atoms with van der Waals surface area (Å²) in [6, 6.07) is 22.6. The first-order valence-corrected chi connectivity index (χ1v) is 12.7. The van der Waals surface area contributed by atoms with Gasteiger partial charge in [0.2, 0.25) is 11.8 Å². The SMILES string of the molecule is CCC(C)CN(CC(=O)N1CCN(c2ccc(-c3ccc(-c4ccccc4)cc3)nn2)CC1)C(C)=O. The number of nitrogens with zero attached hydrogens (tertiary/aromatic N) is 5. The van der Waals surface area contributed by atoms with E-state index < -0.39 is 0 Å². The molecule has 1 aliphatic rings. The van der Waals surface area contributed by atoms with Crippen molar-refractivity contribution in [3.8, 4) is 22.4 Å².